The predicted molar refractivity (Wildman–Crippen MR) is 86.4 cm³/mol. The van der Waals surface area contributed by atoms with Gasteiger partial charge in [-0.15, -0.1) is 0 Å². The summed E-state index contributed by atoms with van der Waals surface area (Å²) in [6.45, 7) is 1.76. The molecule has 0 aliphatic heterocycles. The quantitative estimate of drug-likeness (QED) is 0.822. The summed E-state index contributed by atoms with van der Waals surface area (Å²) in [4.78, 5) is 10.7. The molecule has 2 nitrogen and oxygen atoms in total. The summed E-state index contributed by atoms with van der Waals surface area (Å²) in [6, 6.07) is 12.7. The number of aldehydes is 1. The van der Waals surface area contributed by atoms with Crippen LogP contribution in [0, 0.1) is 0 Å². The summed E-state index contributed by atoms with van der Waals surface area (Å²) in [5.74, 6) is -0.0667. The standard InChI is InChI=1S/C17H16Cl2O2/c1-11(21)15(14-5-2-12(10-20)3-6-14)8-13-4-7-16(18)17(19)9-13/h2-7,9-11,15,21H,8H2,1H3. The molecule has 2 aromatic rings. The highest BCUT2D eigenvalue weighted by Gasteiger charge is 2.18. The Morgan fingerprint density at radius 2 is 1.76 bits per heavy atom. The molecular weight excluding hydrogens is 307 g/mol. The second kappa shape index (κ2) is 7.08. The Bertz CT molecular complexity index is 621. The van der Waals surface area contributed by atoms with Gasteiger partial charge in [-0.05, 0) is 36.6 Å². The number of benzene rings is 2. The molecule has 4 heteroatoms. The van der Waals surface area contributed by atoms with Gasteiger partial charge in [0.1, 0.15) is 6.29 Å². The molecule has 1 N–H and O–H groups in total. The van der Waals surface area contributed by atoms with Crippen molar-refractivity contribution in [3.05, 3.63) is 69.2 Å². The van der Waals surface area contributed by atoms with E-state index in [9.17, 15) is 9.90 Å². The van der Waals surface area contributed by atoms with Crippen LogP contribution in [-0.4, -0.2) is 17.5 Å². The molecule has 0 amide bonds. The van der Waals surface area contributed by atoms with Gasteiger partial charge in [-0.1, -0.05) is 53.5 Å². The molecule has 2 unspecified atom stereocenters. The number of rotatable bonds is 5. The molecule has 0 aliphatic rings. The largest absolute Gasteiger partial charge is 0.393 e. The lowest BCUT2D eigenvalue weighted by molar-refractivity contribution is 0.112. The summed E-state index contributed by atoms with van der Waals surface area (Å²) < 4.78 is 0. The molecule has 21 heavy (non-hydrogen) atoms. The Balaban J connectivity index is 2.25. The molecule has 0 radical (unpaired) electrons. The van der Waals surface area contributed by atoms with Crippen molar-refractivity contribution in [2.45, 2.75) is 25.4 Å². The summed E-state index contributed by atoms with van der Waals surface area (Å²) in [7, 11) is 0. The lowest BCUT2D eigenvalue weighted by Gasteiger charge is -2.21. The molecule has 2 atom stereocenters. The van der Waals surface area contributed by atoms with E-state index >= 15 is 0 Å². The topological polar surface area (TPSA) is 37.3 Å². The van der Waals surface area contributed by atoms with E-state index in [1.165, 1.54) is 0 Å². The van der Waals surface area contributed by atoms with Crippen LogP contribution < -0.4 is 0 Å². The van der Waals surface area contributed by atoms with Gasteiger partial charge < -0.3 is 5.11 Å². The van der Waals surface area contributed by atoms with Crippen LogP contribution in [0.4, 0.5) is 0 Å². The van der Waals surface area contributed by atoms with Crippen molar-refractivity contribution in [3.8, 4) is 0 Å². The van der Waals surface area contributed by atoms with E-state index in [1.54, 1.807) is 25.1 Å². The van der Waals surface area contributed by atoms with Crippen molar-refractivity contribution in [3.63, 3.8) is 0 Å². The third-order valence-corrected chi connectivity index (χ3v) is 4.26. The third-order valence-electron chi connectivity index (χ3n) is 3.52. The van der Waals surface area contributed by atoms with Gasteiger partial charge in [0.15, 0.2) is 0 Å². The van der Waals surface area contributed by atoms with Gasteiger partial charge in [0.25, 0.3) is 0 Å². The maximum atomic E-state index is 10.7. The lowest BCUT2D eigenvalue weighted by atomic mass is 9.88. The summed E-state index contributed by atoms with van der Waals surface area (Å²) in [5, 5.41) is 11.1. The van der Waals surface area contributed by atoms with Crippen LogP contribution in [0.1, 0.15) is 34.3 Å². The maximum absolute atomic E-state index is 10.7. The molecule has 0 aliphatic carbocycles. The average molecular weight is 323 g/mol. The first kappa shape index (κ1) is 16.0. The summed E-state index contributed by atoms with van der Waals surface area (Å²) in [6.07, 6.45) is 0.941. The summed E-state index contributed by atoms with van der Waals surface area (Å²) >= 11 is 11.9. The fourth-order valence-electron chi connectivity index (χ4n) is 2.31. The van der Waals surface area contributed by atoms with Crippen LogP contribution in [0.2, 0.25) is 10.0 Å². The van der Waals surface area contributed by atoms with Crippen molar-refractivity contribution >= 4 is 29.5 Å². The normalized spacial score (nSPS) is 13.7. The minimum Gasteiger partial charge on any atom is -0.393 e. The Labute approximate surface area is 134 Å². The zero-order valence-corrected chi connectivity index (χ0v) is 13.1. The van der Waals surface area contributed by atoms with Gasteiger partial charge >= 0.3 is 0 Å². The average Bonchev–Trinajstić information content (AvgIpc) is 2.48. The number of halogens is 2. The van der Waals surface area contributed by atoms with Crippen LogP contribution in [-0.2, 0) is 6.42 Å². The fraction of sp³-hybridized carbons (Fsp3) is 0.235. The number of aliphatic hydroxyl groups excluding tert-OH is 1. The number of aliphatic hydroxyl groups is 1. The first-order valence-corrected chi connectivity index (χ1v) is 7.44. The van der Waals surface area contributed by atoms with E-state index in [4.69, 9.17) is 23.2 Å². The van der Waals surface area contributed by atoms with Gasteiger partial charge in [-0.2, -0.15) is 0 Å². The highest BCUT2D eigenvalue weighted by molar-refractivity contribution is 6.42. The van der Waals surface area contributed by atoms with E-state index in [0.29, 0.717) is 22.0 Å². The van der Waals surface area contributed by atoms with Crippen molar-refractivity contribution < 1.29 is 9.90 Å². The van der Waals surface area contributed by atoms with Gasteiger partial charge in [0, 0.05) is 11.5 Å². The minimum absolute atomic E-state index is 0.0667. The second-order valence-electron chi connectivity index (χ2n) is 5.08. The molecule has 0 aromatic heterocycles. The van der Waals surface area contributed by atoms with Crippen LogP contribution in [0.15, 0.2) is 42.5 Å². The zero-order chi connectivity index (χ0) is 15.4. The van der Waals surface area contributed by atoms with Gasteiger partial charge in [0.05, 0.1) is 16.1 Å². The number of hydrogen-bond acceptors (Lipinski definition) is 2. The Kier molecular flexibility index (Phi) is 5.40. The molecule has 0 bridgehead atoms. The molecule has 2 aromatic carbocycles. The van der Waals surface area contributed by atoms with Crippen LogP contribution >= 0.6 is 23.2 Å². The van der Waals surface area contributed by atoms with E-state index < -0.39 is 6.10 Å². The number of hydrogen-bond donors (Lipinski definition) is 1. The zero-order valence-electron chi connectivity index (χ0n) is 11.6. The van der Waals surface area contributed by atoms with E-state index in [-0.39, 0.29) is 5.92 Å². The molecule has 0 fully saturated rings. The van der Waals surface area contributed by atoms with Crippen LogP contribution in [0.5, 0.6) is 0 Å². The van der Waals surface area contributed by atoms with Crippen LogP contribution in [0.3, 0.4) is 0 Å². The molecule has 0 saturated carbocycles. The molecule has 0 saturated heterocycles. The Morgan fingerprint density at radius 3 is 2.29 bits per heavy atom. The van der Waals surface area contributed by atoms with Gasteiger partial charge in [0.2, 0.25) is 0 Å². The van der Waals surface area contributed by atoms with Gasteiger partial charge in [-0.25, -0.2) is 0 Å². The van der Waals surface area contributed by atoms with Crippen molar-refractivity contribution in [1.29, 1.82) is 0 Å². The van der Waals surface area contributed by atoms with Crippen molar-refractivity contribution in [1.82, 2.24) is 0 Å². The monoisotopic (exact) mass is 322 g/mol. The molecule has 2 rings (SSSR count). The Hall–Kier alpha value is -1.35. The lowest BCUT2D eigenvalue weighted by Crippen LogP contribution is -2.17. The first-order valence-electron chi connectivity index (χ1n) is 6.68. The number of carbonyl (C=O) groups is 1. The molecular formula is C17H16Cl2O2. The van der Waals surface area contributed by atoms with E-state index in [0.717, 1.165) is 17.4 Å². The SMILES string of the molecule is CC(O)C(Cc1ccc(Cl)c(Cl)c1)c1ccc(C=O)cc1. The van der Waals surface area contributed by atoms with E-state index in [1.807, 2.05) is 24.3 Å². The highest BCUT2D eigenvalue weighted by atomic mass is 35.5. The van der Waals surface area contributed by atoms with Crippen molar-refractivity contribution in [2.24, 2.45) is 0 Å². The Morgan fingerprint density at radius 1 is 1.10 bits per heavy atom. The predicted octanol–water partition coefficient (Wildman–Crippen LogP) is 4.51. The minimum atomic E-state index is -0.512. The smallest absolute Gasteiger partial charge is 0.150 e. The van der Waals surface area contributed by atoms with Crippen LogP contribution in [0.25, 0.3) is 0 Å². The van der Waals surface area contributed by atoms with Crippen molar-refractivity contribution in [2.75, 3.05) is 0 Å². The van der Waals surface area contributed by atoms with Gasteiger partial charge in [-0.3, -0.25) is 4.79 Å². The highest BCUT2D eigenvalue weighted by Crippen LogP contribution is 2.28. The van der Waals surface area contributed by atoms with E-state index in [2.05, 4.69) is 0 Å². The molecule has 0 spiro atoms. The molecule has 0 heterocycles. The summed E-state index contributed by atoms with van der Waals surface area (Å²) in [5.41, 5.74) is 2.62. The third kappa shape index (κ3) is 4.07. The maximum Gasteiger partial charge on any atom is 0.150 e. The second-order valence-corrected chi connectivity index (χ2v) is 5.90. The first-order chi connectivity index (χ1) is 10.0. The molecule has 110 valence electrons. The fourth-order valence-corrected chi connectivity index (χ4v) is 2.63. The number of carbonyl (C=O) groups excluding carboxylic acids is 1.